The van der Waals surface area contributed by atoms with Crippen LogP contribution in [0.3, 0.4) is 0 Å². The third-order valence-corrected chi connectivity index (χ3v) is 3.73. The highest BCUT2D eigenvalue weighted by Crippen LogP contribution is 2.24. The first-order chi connectivity index (χ1) is 6.77. The van der Waals surface area contributed by atoms with E-state index in [1.54, 1.807) is 11.3 Å². The Hall–Kier alpha value is -0.460. The van der Waals surface area contributed by atoms with Crippen molar-refractivity contribution in [3.63, 3.8) is 0 Å². The summed E-state index contributed by atoms with van der Waals surface area (Å²) in [6.07, 6.45) is 1.85. The first kappa shape index (κ1) is 10.1. The van der Waals surface area contributed by atoms with E-state index in [-0.39, 0.29) is 6.04 Å². The van der Waals surface area contributed by atoms with Crippen LogP contribution in [0.25, 0.3) is 0 Å². The summed E-state index contributed by atoms with van der Waals surface area (Å²) in [5, 5.41) is 0.973. The molecular weight excluding hydrogens is 307 g/mol. The molecule has 1 atom stereocenters. The standard InChI is InChI=1S/C10H9IN2S/c11-8-6-13-10(14-8)9(12)7-4-2-1-3-5-7/h1-6,9H,12H2. The number of nitrogens with two attached hydrogens (primary N) is 1. The fourth-order valence-electron chi connectivity index (χ4n) is 1.21. The number of hydrogen-bond donors (Lipinski definition) is 1. The Labute approximate surface area is 100 Å². The number of aromatic nitrogens is 1. The molecule has 2 aromatic rings. The van der Waals surface area contributed by atoms with E-state index < -0.39 is 0 Å². The summed E-state index contributed by atoms with van der Waals surface area (Å²) in [5.74, 6) is 0. The Morgan fingerprint density at radius 2 is 2.00 bits per heavy atom. The van der Waals surface area contributed by atoms with Crippen molar-refractivity contribution < 1.29 is 0 Å². The van der Waals surface area contributed by atoms with E-state index in [9.17, 15) is 0 Å². The highest BCUT2D eigenvalue weighted by atomic mass is 127. The fourth-order valence-corrected chi connectivity index (χ4v) is 2.70. The van der Waals surface area contributed by atoms with Crippen LogP contribution in [0.2, 0.25) is 0 Å². The van der Waals surface area contributed by atoms with Gasteiger partial charge in [-0.2, -0.15) is 0 Å². The molecule has 0 bridgehead atoms. The molecule has 1 aromatic heterocycles. The van der Waals surface area contributed by atoms with E-state index in [4.69, 9.17) is 5.73 Å². The van der Waals surface area contributed by atoms with Gasteiger partial charge in [0.25, 0.3) is 0 Å². The van der Waals surface area contributed by atoms with E-state index in [2.05, 4.69) is 27.6 Å². The fraction of sp³-hybridized carbons (Fsp3) is 0.100. The van der Waals surface area contributed by atoms with Crippen LogP contribution in [0.1, 0.15) is 16.6 Å². The van der Waals surface area contributed by atoms with Crippen molar-refractivity contribution in [3.8, 4) is 0 Å². The maximum Gasteiger partial charge on any atom is 0.115 e. The largest absolute Gasteiger partial charge is 0.318 e. The summed E-state index contributed by atoms with van der Waals surface area (Å²) in [7, 11) is 0. The average Bonchev–Trinajstić information content (AvgIpc) is 2.65. The molecule has 2 N–H and O–H groups in total. The Balaban J connectivity index is 2.29. The number of thiazole rings is 1. The van der Waals surface area contributed by atoms with Crippen molar-refractivity contribution in [3.05, 3.63) is 50.0 Å². The molecule has 0 amide bonds. The Morgan fingerprint density at radius 3 is 2.57 bits per heavy atom. The second-order valence-corrected chi connectivity index (χ2v) is 5.85. The molecule has 0 radical (unpaired) electrons. The summed E-state index contributed by atoms with van der Waals surface area (Å²) in [6.45, 7) is 0. The molecule has 0 saturated heterocycles. The number of benzene rings is 1. The normalized spacial score (nSPS) is 12.7. The molecule has 0 aliphatic heterocycles. The summed E-state index contributed by atoms with van der Waals surface area (Å²) in [4.78, 5) is 4.28. The molecule has 14 heavy (non-hydrogen) atoms. The van der Waals surface area contributed by atoms with Crippen molar-refractivity contribution >= 4 is 33.9 Å². The third-order valence-electron chi connectivity index (χ3n) is 1.92. The Morgan fingerprint density at radius 1 is 1.29 bits per heavy atom. The monoisotopic (exact) mass is 316 g/mol. The molecule has 0 aliphatic carbocycles. The number of rotatable bonds is 2. The van der Waals surface area contributed by atoms with Gasteiger partial charge in [0.05, 0.1) is 15.1 Å². The molecule has 72 valence electrons. The zero-order valence-electron chi connectivity index (χ0n) is 7.35. The summed E-state index contributed by atoms with van der Waals surface area (Å²) >= 11 is 3.90. The molecule has 0 spiro atoms. The van der Waals surface area contributed by atoms with Crippen LogP contribution in [-0.2, 0) is 0 Å². The van der Waals surface area contributed by atoms with Gasteiger partial charge in [0, 0.05) is 0 Å². The van der Waals surface area contributed by atoms with E-state index in [1.807, 2.05) is 36.5 Å². The summed E-state index contributed by atoms with van der Waals surface area (Å²) in [5.41, 5.74) is 7.18. The van der Waals surface area contributed by atoms with Crippen molar-refractivity contribution in [2.45, 2.75) is 6.04 Å². The lowest BCUT2D eigenvalue weighted by molar-refractivity contribution is 0.858. The molecule has 2 nitrogen and oxygen atoms in total. The second-order valence-electron chi connectivity index (χ2n) is 2.89. The maximum absolute atomic E-state index is 6.07. The van der Waals surface area contributed by atoms with Gasteiger partial charge in [0.1, 0.15) is 5.01 Å². The molecule has 1 aromatic carbocycles. The lowest BCUT2D eigenvalue weighted by atomic mass is 10.1. The van der Waals surface area contributed by atoms with Crippen LogP contribution in [0.15, 0.2) is 36.5 Å². The van der Waals surface area contributed by atoms with Crippen LogP contribution >= 0.6 is 33.9 Å². The summed E-state index contributed by atoms with van der Waals surface area (Å²) in [6, 6.07) is 9.94. The van der Waals surface area contributed by atoms with Gasteiger partial charge in [-0.3, -0.25) is 0 Å². The average molecular weight is 316 g/mol. The molecule has 1 heterocycles. The number of halogens is 1. The predicted octanol–water partition coefficient (Wildman–Crippen LogP) is 2.80. The first-order valence-corrected chi connectivity index (χ1v) is 6.08. The molecule has 0 fully saturated rings. The van der Waals surface area contributed by atoms with E-state index in [1.165, 1.54) is 2.88 Å². The summed E-state index contributed by atoms with van der Waals surface area (Å²) < 4.78 is 1.17. The smallest absolute Gasteiger partial charge is 0.115 e. The highest BCUT2D eigenvalue weighted by molar-refractivity contribution is 14.1. The van der Waals surface area contributed by atoms with Crippen LogP contribution in [-0.4, -0.2) is 4.98 Å². The van der Waals surface area contributed by atoms with Crippen LogP contribution in [0.5, 0.6) is 0 Å². The van der Waals surface area contributed by atoms with Gasteiger partial charge in [0.15, 0.2) is 0 Å². The van der Waals surface area contributed by atoms with Gasteiger partial charge in [-0.05, 0) is 28.2 Å². The molecule has 4 heteroatoms. The van der Waals surface area contributed by atoms with Gasteiger partial charge in [-0.25, -0.2) is 4.98 Å². The topological polar surface area (TPSA) is 38.9 Å². The van der Waals surface area contributed by atoms with Crippen molar-refractivity contribution in [1.29, 1.82) is 0 Å². The zero-order chi connectivity index (χ0) is 9.97. The Bertz CT molecular complexity index is 413. The van der Waals surface area contributed by atoms with Gasteiger partial charge >= 0.3 is 0 Å². The second kappa shape index (κ2) is 4.37. The molecule has 2 rings (SSSR count). The molecular formula is C10H9IN2S. The first-order valence-electron chi connectivity index (χ1n) is 4.19. The lowest BCUT2D eigenvalue weighted by Gasteiger charge is -2.07. The van der Waals surface area contributed by atoms with E-state index >= 15 is 0 Å². The van der Waals surface area contributed by atoms with Gasteiger partial charge < -0.3 is 5.73 Å². The van der Waals surface area contributed by atoms with Crippen LogP contribution < -0.4 is 5.73 Å². The minimum atomic E-state index is -0.0929. The van der Waals surface area contributed by atoms with Crippen molar-refractivity contribution in [2.24, 2.45) is 5.73 Å². The van der Waals surface area contributed by atoms with Crippen molar-refractivity contribution in [2.75, 3.05) is 0 Å². The minimum absolute atomic E-state index is 0.0929. The van der Waals surface area contributed by atoms with Gasteiger partial charge in [-0.15, -0.1) is 11.3 Å². The highest BCUT2D eigenvalue weighted by Gasteiger charge is 2.11. The van der Waals surface area contributed by atoms with Crippen LogP contribution in [0.4, 0.5) is 0 Å². The number of nitrogens with zero attached hydrogens (tertiary/aromatic N) is 1. The number of hydrogen-bond acceptors (Lipinski definition) is 3. The zero-order valence-corrected chi connectivity index (χ0v) is 10.3. The molecule has 0 saturated carbocycles. The molecule has 0 aliphatic rings. The van der Waals surface area contributed by atoms with E-state index in [0.717, 1.165) is 10.6 Å². The maximum atomic E-state index is 6.07. The third kappa shape index (κ3) is 2.13. The van der Waals surface area contributed by atoms with Gasteiger partial charge in [0.2, 0.25) is 0 Å². The molecule has 1 unspecified atom stereocenters. The quantitative estimate of drug-likeness (QED) is 0.865. The lowest BCUT2D eigenvalue weighted by Crippen LogP contribution is -2.10. The SMILES string of the molecule is NC(c1ccccc1)c1ncc(I)s1. The predicted molar refractivity (Wildman–Crippen MR) is 67.3 cm³/mol. The minimum Gasteiger partial charge on any atom is -0.318 e. The van der Waals surface area contributed by atoms with Crippen LogP contribution in [0, 0.1) is 2.88 Å². The van der Waals surface area contributed by atoms with Crippen molar-refractivity contribution in [1.82, 2.24) is 4.98 Å². The van der Waals surface area contributed by atoms with Gasteiger partial charge in [-0.1, -0.05) is 30.3 Å². The van der Waals surface area contributed by atoms with E-state index in [0.29, 0.717) is 0 Å². The Kier molecular flexibility index (Phi) is 3.15.